The number of aromatic nitrogens is 2. The number of hydrogen-bond acceptors (Lipinski definition) is 3. The predicted molar refractivity (Wildman–Crippen MR) is 60.6 cm³/mol. The Morgan fingerprint density at radius 1 is 1.40 bits per heavy atom. The molecule has 0 unspecified atom stereocenters. The summed E-state index contributed by atoms with van der Waals surface area (Å²) in [6.45, 7) is 2.86. The van der Waals surface area contributed by atoms with Crippen molar-refractivity contribution < 1.29 is 4.74 Å². The van der Waals surface area contributed by atoms with Gasteiger partial charge in [-0.25, -0.2) is 0 Å². The highest BCUT2D eigenvalue weighted by Gasteiger charge is 1.94. The first-order valence-electron chi connectivity index (χ1n) is 5.50. The molecule has 4 heteroatoms. The lowest BCUT2D eigenvalue weighted by Gasteiger charge is -2.02. The molecule has 0 aliphatic rings. The molecule has 0 amide bonds. The number of methoxy groups -OCH3 is 1. The van der Waals surface area contributed by atoms with Gasteiger partial charge in [0.15, 0.2) is 0 Å². The van der Waals surface area contributed by atoms with Crippen molar-refractivity contribution in [2.45, 2.75) is 25.8 Å². The fraction of sp³-hybridized carbons (Fsp3) is 0.727. The first-order valence-corrected chi connectivity index (χ1v) is 5.50. The van der Waals surface area contributed by atoms with Crippen LogP contribution < -0.4 is 5.32 Å². The van der Waals surface area contributed by atoms with Gasteiger partial charge in [-0.2, -0.15) is 5.10 Å². The predicted octanol–water partition coefficient (Wildman–Crippen LogP) is 1.33. The van der Waals surface area contributed by atoms with E-state index in [4.69, 9.17) is 4.74 Å². The van der Waals surface area contributed by atoms with Crippen molar-refractivity contribution in [3.8, 4) is 0 Å². The number of ether oxygens (including phenoxy) is 1. The summed E-state index contributed by atoms with van der Waals surface area (Å²) in [6.07, 6.45) is 7.54. The number of rotatable bonds is 8. The molecule has 1 heterocycles. The molecule has 4 nitrogen and oxygen atoms in total. The average molecular weight is 211 g/mol. The van der Waals surface area contributed by atoms with E-state index in [2.05, 4.69) is 10.4 Å². The van der Waals surface area contributed by atoms with Crippen LogP contribution in [0.4, 0.5) is 0 Å². The number of aryl methyl sites for hydroxylation is 1. The normalized spacial score (nSPS) is 10.8. The van der Waals surface area contributed by atoms with Gasteiger partial charge in [-0.05, 0) is 25.8 Å². The SMILES string of the molecule is COCCCCCNCc1cnn(C)c1. The maximum atomic E-state index is 4.99. The number of hydrogen-bond donors (Lipinski definition) is 1. The molecule has 0 saturated heterocycles. The van der Waals surface area contributed by atoms with Gasteiger partial charge >= 0.3 is 0 Å². The van der Waals surface area contributed by atoms with E-state index >= 15 is 0 Å². The zero-order chi connectivity index (χ0) is 10.9. The lowest BCUT2D eigenvalue weighted by Crippen LogP contribution is -2.14. The van der Waals surface area contributed by atoms with Crippen molar-refractivity contribution in [2.75, 3.05) is 20.3 Å². The first-order chi connectivity index (χ1) is 7.33. The third-order valence-electron chi connectivity index (χ3n) is 2.29. The number of nitrogens with zero attached hydrogens (tertiary/aromatic N) is 2. The molecule has 0 saturated carbocycles. The van der Waals surface area contributed by atoms with Crippen molar-refractivity contribution in [3.63, 3.8) is 0 Å². The zero-order valence-corrected chi connectivity index (χ0v) is 9.70. The van der Waals surface area contributed by atoms with Gasteiger partial charge in [-0.15, -0.1) is 0 Å². The van der Waals surface area contributed by atoms with Gasteiger partial charge in [0.05, 0.1) is 6.20 Å². The van der Waals surface area contributed by atoms with E-state index in [1.807, 2.05) is 24.1 Å². The summed E-state index contributed by atoms with van der Waals surface area (Å²) >= 11 is 0. The highest BCUT2D eigenvalue weighted by molar-refractivity contribution is 5.02. The van der Waals surface area contributed by atoms with Gasteiger partial charge in [0.25, 0.3) is 0 Å². The van der Waals surface area contributed by atoms with Crippen LogP contribution in [-0.2, 0) is 18.3 Å². The quantitative estimate of drug-likeness (QED) is 0.659. The van der Waals surface area contributed by atoms with E-state index in [1.54, 1.807) is 7.11 Å². The molecule has 0 spiro atoms. The van der Waals surface area contributed by atoms with Gasteiger partial charge in [-0.3, -0.25) is 4.68 Å². The molecular formula is C11H21N3O. The molecule has 0 atom stereocenters. The first kappa shape index (κ1) is 12.2. The standard InChI is InChI=1S/C11H21N3O/c1-14-10-11(9-13-14)8-12-6-4-3-5-7-15-2/h9-10,12H,3-8H2,1-2H3. The molecular weight excluding hydrogens is 190 g/mol. The fourth-order valence-electron chi connectivity index (χ4n) is 1.47. The van der Waals surface area contributed by atoms with Crippen molar-refractivity contribution in [1.29, 1.82) is 0 Å². The Bertz CT molecular complexity index is 260. The van der Waals surface area contributed by atoms with Crippen LogP contribution in [0.1, 0.15) is 24.8 Å². The largest absolute Gasteiger partial charge is 0.385 e. The van der Waals surface area contributed by atoms with E-state index in [1.165, 1.54) is 18.4 Å². The average Bonchev–Trinajstić information content (AvgIpc) is 2.63. The third-order valence-corrected chi connectivity index (χ3v) is 2.29. The third kappa shape index (κ3) is 5.54. The minimum absolute atomic E-state index is 0.878. The molecule has 0 aliphatic heterocycles. The molecule has 1 aromatic heterocycles. The summed E-state index contributed by atoms with van der Waals surface area (Å²) in [6, 6.07) is 0. The van der Waals surface area contributed by atoms with Crippen molar-refractivity contribution in [3.05, 3.63) is 18.0 Å². The van der Waals surface area contributed by atoms with Gasteiger partial charge in [-0.1, -0.05) is 0 Å². The summed E-state index contributed by atoms with van der Waals surface area (Å²) in [5.41, 5.74) is 1.24. The Labute approximate surface area is 91.6 Å². The Balaban J connectivity index is 1.93. The van der Waals surface area contributed by atoms with Crippen LogP contribution in [0, 0.1) is 0 Å². The molecule has 1 rings (SSSR count). The molecule has 15 heavy (non-hydrogen) atoms. The second-order valence-electron chi connectivity index (χ2n) is 3.75. The molecule has 1 aromatic rings. The molecule has 86 valence electrons. The Hall–Kier alpha value is -0.870. The van der Waals surface area contributed by atoms with Crippen molar-refractivity contribution >= 4 is 0 Å². The summed E-state index contributed by atoms with van der Waals surface area (Å²) in [5.74, 6) is 0. The van der Waals surface area contributed by atoms with Crippen LogP contribution in [0.5, 0.6) is 0 Å². The highest BCUT2D eigenvalue weighted by atomic mass is 16.5. The molecule has 1 N–H and O–H groups in total. The molecule has 0 bridgehead atoms. The molecule has 0 radical (unpaired) electrons. The van der Waals surface area contributed by atoms with Crippen molar-refractivity contribution in [2.24, 2.45) is 7.05 Å². The second kappa shape index (κ2) is 7.43. The van der Waals surface area contributed by atoms with Crippen LogP contribution >= 0.6 is 0 Å². The Kier molecular flexibility index (Phi) is 6.04. The van der Waals surface area contributed by atoms with E-state index in [9.17, 15) is 0 Å². The molecule has 0 aliphatic carbocycles. The van der Waals surface area contributed by atoms with Crippen LogP contribution in [-0.4, -0.2) is 30.0 Å². The van der Waals surface area contributed by atoms with Crippen LogP contribution in [0.15, 0.2) is 12.4 Å². The van der Waals surface area contributed by atoms with Gasteiger partial charge < -0.3 is 10.1 Å². The van der Waals surface area contributed by atoms with Gasteiger partial charge in [0.1, 0.15) is 0 Å². The minimum Gasteiger partial charge on any atom is -0.385 e. The maximum absolute atomic E-state index is 4.99. The lowest BCUT2D eigenvalue weighted by atomic mass is 10.2. The molecule has 0 aromatic carbocycles. The minimum atomic E-state index is 0.878. The Morgan fingerprint density at radius 3 is 2.93 bits per heavy atom. The maximum Gasteiger partial charge on any atom is 0.0534 e. The summed E-state index contributed by atoms with van der Waals surface area (Å²) < 4.78 is 6.82. The number of nitrogens with one attached hydrogen (secondary N) is 1. The van der Waals surface area contributed by atoms with Gasteiger partial charge in [0, 0.05) is 39.1 Å². The van der Waals surface area contributed by atoms with E-state index in [0.717, 1.165) is 26.1 Å². The molecule has 0 fully saturated rings. The highest BCUT2D eigenvalue weighted by Crippen LogP contribution is 1.97. The topological polar surface area (TPSA) is 39.1 Å². The smallest absolute Gasteiger partial charge is 0.0534 e. The Morgan fingerprint density at radius 2 is 2.27 bits per heavy atom. The number of unbranched alkanes of at least 4 members (excludes halogenated alkanes) is 2. The lowest BCUT2D eigenvalue weighted by molar-refractivity contribution is 0.192. The summed E-state index contributed by atoms with van der Waals surface area (Å²) in [5, 5.41) is 7.51. The summed E-state index contributed by atoms with van der Waals surface area (Å²) in [4.78, 5) is 0. The monoisotopic (exact) mass is 211 g/mol. The fourth-order valence-corrected chi connectivity index (χ4v) is 1.47. The van der Waals surface area contributed by atoms with Crippen LogP contribution in [0.3, 0.4) is 0 Å². The van der Waals surface area contributed by atoms with E-state index in [-0.39, 0.29) is 0 Å². The van der Waals surface area contributed by atoms with Crippen molar-refractivity contribution in [1.82, 2.24) is 15.1 Å². The second-order valence-corrected chi connectivity index (χ2v) is 3.75. The van der Waals surface area contributed by atoms with E-state index in [0.29, 0.717) is 0 Å². The van der Waals surface area contributed by atoms with Crippen LogP contribution in [0.2, 0.25) is 0 Å². The van der Waals surface area contributed by atoms with Gasteiger partial charge in [0.2, 0.25) is 0 Å². The summed E-state index contributed by atoms with van der Waals surface area (Å²) in [7, 11) is 3.69. The zero-order valence-electron chi connectivity index (χ0n) is 9.70. The van der Waals surface area contributed by atoms with E-state index < -0.39 is 0 Å². The van der Waals surface area contributed by atoms with Crippen LogP contribution in [0.25, 0.3) is 0 Å².